The first kappa shape index (κ1) is 21.4. The van der Waals surface area contributed by atoms with E-state index in [4.69, 9.17) is 9.47 Å². The van der Waals surface area contributed by atoms with E-state index in [1.165, 1.54) is 0 Å². The van der Waals surface area contributed by atoms with Crippen molar-refractivity contribution in [3.8, 4) is 11.5 Å². The Morgan fingerprint density at radius 3 is 2.47 bits per heavy atom. The molecule has 1 heterocycles. The molecule has 0 aromatic heterocycles. The number of nitrogens with one attached hydrogen (secondary N) is 1. The lowest BCUT2D eigenvalue weighted by molar-refractivity contribution is -0.123. The van der Waals surface area contributed by atoms with Gasteiger partial charge in [-0.15, -0.1) is 0 Å². The fourth-order valence-electron chi connectivity index (χ4n) is 3.86. The van der Waals surface area contributed by atoms with Gasteiger partial charge in [0.2, 0.25) is 0 Å². The fraction of sp³-hybridized carbons (Fsp3) is 0.231. The van der Waals surface area contributed by atoms with Gasteiger partial charge >= 0.3 is 0 Å². The molecule has 0 saturated carbocycles. The summed E-state index contributed by atoms with van der Waals surface area (Å²) in [4.78, 5) is 27.2. The Bertz CT molecular complexity index is 1100. The number of hydrogen-bond donors (Lipinski definition) is 1. The summed E-state index contributed by atoms with van der Waals surface area (Å²) in [5.41, 5.74) is 3.56. The molecule has 1 N–H and O–H groups in total. The second-order valence-corrected chi connectivity index (χ2v) is 7.80. The number of rotatable bonds is 7. The van der Waals surface area contributed by atoms with E-state index >= 15 is 0 Å². The van der Waals surface area contributed by atoms with Crippen LogP contribution in [0.25, 0.3) is 0 Å². The third-order valence-electron chi connectivity index (χ3n) is 5.52. The molecule has 1 atom stereocenters. The zero-order valence-electron chi connectivity index (χ0n) is 18.2. The highest BCUT2D eigenvalue weighted by molar-refractivity contribution is 6.07. The van der Waals surface area contributed by atoms with E-state index in [1.807, 2.05) is 60.4 Å². The molecule has 6 heteroatoms. The average molecular weight is 431 g/mol. The third kappa shape index (κ3) is 4.75. The van der Waals surface area contributed by atoms with Gasteiger partial charge in [0.05, 0.1) is 7.11 Å². The molecular formula is C26H26N2O4. The number of methoxy groups -OCH3 is 1. The van der Waals surface area contributed by atoms with Gasteiger partial charge in [0, 0.05) is 23.8 Å². The predicted octanol–water partition coefficient (Wildman–Crippen LogP) is 3.98. The van der Waals surface area contributed by atoms with E-state index in [0.717, 1.165) is 23.2 Å². The highest BCUT2D eigenvalue weighted by Crippen LogP contribution is 2.34. The van der Waals surface area contributed by atoms with Gasteiger partial charge in [-0.2, -0.15) is 0 Å². The monoisotopic (exact) mass is 430 g/mol. The quantitative estimate of drug-likeness (QED) is 0.616. The Morgan fingerprint density at radius 1 is 1.00 bits per heavy atom. The summed E-state index contributed by atoms with van der Waals surface area (Å²) >= 11 is 0. The van der Waals surface area contributed by atoms with Crippen LogP contribution in [0.3, 0.4) is 0 Å². The molecule has 0 radical (unpaired) electrons. The Labute approximate surface area is 187 Å². The van der Waals surface area contributed by atoms with Crippen LogP contribution < -0.4 is 19.7 Å². The molecule has 1 aliphatic rings. The van der Waals surface area contributed by atoms with Crippen molar-refractivity contribution in [2.75, 3.05) is 18.6 Å². The maximum absolute atomic E-state index is 13.2. The largest absolute Gasteiger partial charge is 0.497 e. The van der Waals surface area contributed by atoms with Crippen molar-refractivity contribution in [1.29, 1.82) is 0 Å². The first-order valence-corrected chi connectivity index (χ1v) is 10.6. The third-order valence-corrected chi connectivity index (χ3v) is 5.52. The molecular weight excluding hydrogens is 404 g/mol. The zero-order chi connectivity index (χ0) is 22.5. The molecule has 3 aromatic carbocycles. The van der Waals surface area contributed by atoms with Crippen LogP contribution in [0.15, 0.2) is 72.8 Å². The molecule has 0 fully saturated rings. The van der Waals surface area contributed by atoms with E-state index < -0.39 is 0 Å². The molecule has 1 aliphatic heterocycles. The van der Waals surface area contributed by atoms with Crippen LogP contribution in [-0.2, 0) is 17.8 Å². The Kier molecular flexibility index (Phi) is 6.40. The topological polar surface area (TPSA) is 67.9 Å². The van der Waals surface area contributed by atoms with Crippen molar-refractivity contribution in [1.82, 2.24) is 5.32 Å². The van der Waals surface area contributed by atoms with Crippen LogP contribution in [0.2, 0.25) is 0 Å². The molecule has 0 bridgehead atoms. The van der Waals surface area contributed by atoms with Crippen LogP contribution in [0, 0.1) is 0 Å². The normalized spacial score (nSPS) is 14.6. The summed E-state index contributed by atoms with van der Waals surface area (Å²) in [5.74, 6) is 1.12. The summed E-state index contributed by atoms with van der Waals surface area (Å²) in [6, 6.07) is 22.4. The standard InChI is InChI=1S/C26H26N2O4/c1-18-14-21-9-8-19(16-27-25(29)17-32-23-6-4-3-5-7-23)15-24(21)28(18)26(30)20-10-12-22(31-2)13-11-20/h3-13,15,18H,14,16-17H2,1-2H3,(H,27,29)/t18-/m0/s1. The first-order chi connectivity index (χ1) is 15.5. The van der Waals surface area contributed by atoms with Crippen LogP contribution >= 0.6 is 0 Å². The lowest BCUT2D eigenvalue weighted by atomic mass is 10.1. The molecule has 4 rings (SSSR count). The molecule has 32 heavy (non-hydrogen) atoms. The van der Waals surface area contributed by atoms with Gasteiger partial charge in [0.1, 0.15) is 11.5 Å². The Hall–Kier alpha value is -3.80. The summed E-state index contributed by atoms with van der Waals surface area (Å²) < 4.78 is 10.7. The van der Waals surface area contributed by atoms with Crippen molar-refractivity contribution in [3.05, 3.63) is 89.5 Å². The highest BCUT2D eigenvalue weighted by atomic mass is 16.5. The van der Waals surface area contributed by atoms with Gasteiger partial charge in [0.15, 0.2) is 6.61 Å². The maximum Gasteiger partial charge on any atom is 0.258 e. The van der Waals surface area contributed by atoms with E-state index in [0.29, 0.717) is 23.6 Å². The van der Waals surface area contributed by atoms with E-state index in [-0.39, 0.29) is 24.5 Å². The van der Waals surface area contributed by atoms with Crippen LogP contribution in [0.5, 0.6) is 11.5 Å². The minimum absolute atomic E-state index is 0.0450. The van der Waals surface area contributed by atoms with Gasteiger partial charge in [-0.3, -0.25) is 9.59 Å². The molecule has 6 nitrogen and oxygen atoms in total. The van der Waals surface area contributed by atoms with Crippen molar-refractivity contribution >= 4 is 17.5 Å². The molecule has 0 spiro atoms. The van der Waals surface area contributed by atoms with Gasteiger partial charge in [-0.1, -0.05) is 30.3 Å². The van der Waals surface area contributed by atoms with Crippen molar-refractivity contribution in [2.45, 2.75) is 25.9 Å². The number of amides is 2. The molecule has 0 unspecified atom stereocenters. The average Bonchev–Trinajstić information content (AvgIpc) is 3.16. The van der Waals surface area contributed by atoms with Gasteiger partial charge in [-0.05, 0) is 66.9 Å². The number of carbonyl (C=O) groups excluding carboxylic acids is 2. The summed E-state index contributed by atoms with van der Waals surface area (Å²) in [5, 5.41) is 2.88. The molecule has 164 valence electrons. The van der Waals surface area contributed by atoms with Crippen LogP contribution in [-0.4, -0.2) is 31.6 Å². The van der Waals surface area contributed by atoms with Gasteiger partial charge in [0.25, 0.3) is 11.8 Å². The predicted molar refractivity (Wildman–Crippen MR) is 123 cm³/mol. The second kappa shape index (κ2) is 9.56. The summed E-state index contributed by atoms with van der Waals surface area (Å²) in [6.45, 7) is 2.36. The van der Waals surface area contributed by atoms with Gasteiger partial charge < -0.3 is 19.7 Å². The number of ether oxygens (including phenoxy) is 2. The number of carbonyl (C=O) groups is 2. The lowest BCUT2D eigenvalue weighted by Crippen LogP contribution is -2.35. The van der Waals surface area contributed by atoms with Crippen molar-refractivity contribution in [2.24, 2.45) is 0 Å². The van der Waals surface area contributed by atoms with E-state index in [1.54, 1.807) is 31.4 Å². The minimum Gasteiger partial charge on any atom is -0.497 e. The number of hydrogen-bond acceptors (Lipinski definition) is 4. The number of anilines is 1. The van der Waals surface area contributed by atoms with Crippen molar-refractivity contribution in [3.63, 3.8) is 0 Å². The molecule has 2 amide bonds. The van der Waals surface area contributed by atoms with Gasteiger partial charge in [-0.25, -0.2) is 0 Å². The summed E-state index contributed by atoms with van der Waals surface area (Å²) in [7, 11) is 1.60. The zero-order valence-corrected chi connectivity index (χ0v) is 18.2. The lowest BCUT2D eigenvalue weighted by Gasteiger charge is -2.23. The highest BCUT2D eigenvalue weighted by Gasteiger charge is 2.31. The molecule has 0 aliphatic carbocycles. The minimum atomic E-state index is -0.200. The van der Waals surface area contributed by atoms with E-state index in [2.05, 4.69) is 5.32 Å². The molecule has 3 aromatic rings. The second-order valence-electron chi connectivity index (χ2n) is 7.80. The maximum atomic E-state index is 13.2. The Morgan fingerprint density at radius 2 is 1.75 bits per heavy atom. The fourth-order valence-corrected chi connectivity index (χ4v) is 3.86. The number of fused-ring (bicyclic) bond motifs is 1. The number of para-hydroxylation sites is 1. The number of nitrogens with zero attached hydrogens (tertiary/aromatic N) is 1. The Balaban J connectivity index is 1.42. The SMILES string of the molecule is COc1ccc(C(=O)N2c3cc(CNC(=O)COc4ccccc4)ccc3C[C@@H]2C)cc1. The molecule has 0 saturated heterocycles. The first-order valence-electron chi connectivity index (χ1n) is 10.6. The van der Waals surface area contributed by atoms with E-state index in [9.17, 15) is 9.59 Å². The van der Waals surface area contributed by atoms with Crippen molar-refractivity contribution < 1.29 is 19.1 Å². The van der Waals surface area contributed by atoms with Crippen LogP contribution in [0.1, 0.15) is 28.4 Å². The van der Waals surface area contributed by atoms with Crippen LogP contribution in [0.4, 0.5) is 5.69 Å². The summed E-state index contributed by atoms with van der Waals surface area (Å²) in [6.07, 6.45) is 0.800. The number of benzene rings is 3. The smallest absolute Gasteiger partial charge is 0.258 e.